The molecule has 2 aromatic carbocycles. The summed E-state index contributed by atoms with van der Waals surface area (Å²) in [5.74, 6) is 0.876. The van der Waals surface area contributed by atoms with Gasteiger partial charge in [0.1, 0.15) is 5.82 Å². The molecule has 0 unspecified atom stereocenters. The highest BCUT2D eigenvalue weighted by Crippen LogP contribution is 2.24. The number of benzene rings is 2. The first-order chi connectivity index (χ1) is 15.3. The molecule has 0 spiro atoms. The predicted molar refractivity (Wildman–Crippen MR) is 126 cm³/mol. The molecular formula is C24H28N4O3S. The van der Waals surface area contributed by atoms with Gasteiger partial charge in [-0.1, -0.05) is 36.4 Å². The standard InChI is InChI=1S/C24H28N4O3S/c1-26(2)32(30,31)20-9-10-22-21(17-20)25-23(27(22)3)11-12-24(29)28-15-13-19(14-16-28)18-7-5-4-6-8-18/h4-10,13,17H,11-12,14-16H2,1-3H3. The van der Waals surface area contributed by atoms with E-state index in [1.54, 1.807) is 18.2 Å². The summed E-state index contributed by atoms with van der Waals surface area (Å²) in [7, 11) is 1.39. The van der Waals surface area contributed by atoms with Crippen molar-refractivity contribution in [2.24, 2.45) is 7.05 Å². The molecule has 7 nitrogen and oxygen atoms in total. The van der Waals surface area contributed by atoms with Gasteiger partial charge in [-0.2, -0.15) is 0 Å². The van der Waals surface area contributed by atoms with Gasteiger partial charge in [-0.15, -0.1) is 0 Å². The molecule has 0 aliphatic carbocycles. The van der Waals surface area contributed by atoms with Gasteiger partial charge < -0.3 is 9.47 Å². The lowest BCUT2D eigenvalue weighted by Gasteiger charge is -2.26. The molecule has 0 saturated heterocycles. The van der Waals surface area contributed by atoms with E-state index in [9.17, 15) is 13.2 Å². The topological polar surface area (TPSA) is 75.5 Å². The Labute approximate surface area is 189 Å². The normalized spacial score (nSPS) is 14.8. The fourth-order valence-corrected chi connectivity index (χ4v) is 4.93. The van der Waals surface area contributed by atoms with Crippen LogP contribution in [0.4, 0.5) is 0 Å². The van der Waals surface area contributed by atoms with Crippen molar-refractivity contribution in [1.29, 1.82) is 0 Å². The van der Waals surface area contributed by atoms with E-state index in [-0.39, 0.29) is 10.8 Å². The van der Waals surface area contributed by atoms with Gasteiger partial charge in [0.2, 0.25) is 15.9 Å². The van der Waals surface area contributed by atoms with E-state index >= 15 is 0 Å². The number of amides is 1. The SMILES string of the molecule is CN(C)S(=O)(=O)c1ccc2c(c1)nc(CCC(=O)N1CC=C(c3ccccc3)CC1)n2C. The minimum Gasteiger partial charge on any atom is -0.339 e. The molecule has 168 valence electrons. The number of fused-ring (bicyclic) bond motifs is 1. The Morgan fingerprint density at radius 2 is 1.88 bits per heavy atom. The summed E-state index contributed by atoms with van der Waals surface area (Å²) < 4.78 is 27.9. The van der Waals surface area contributed by atoms with Crippen molar-refractivity contribution in [2.45, 2.75) is 24.2 Å². The van der Waals surface area contributed by atoms with Gasteiger partial charge in [0.05, 0.1) is 15.9 Å². The van der Waals surface area contributed by atoms with Crippen LogP contribution in [-0.4, -0.2) is 60.3 Å². The molecule has 0 saturated carbocycles. The van der Waals surface area contributed by atoms with Crippen LogP contribution in [0, 0.1) is 0 Å². The van der Waals surface area contributed by atoms with Gasteiger partial charge in [0.25, 0.3) is 0 Å². The van der Waals surface area contributed by atoms with E-state index in [0.717, 1.165) is 17.8 Å². The first-order valence-electron chi connectivity index (χ1n) is 10.7. The lowest BCUT2D eigenvalue weighted by Crippen LogP contribution is -2.34. The molecule has 3 aromatic rings. The van der Waals surface area contributed by atoms with Crippen LogP contribution in [0.25, 0.3) is 16.6 Å². The van der Waals surface area contributed by atoms with Crippen LogP contribution in [0.2, 0.25) is 0 Å². The Hall–Kier alpha value is -2.97. The van der Waals surface area contributed by atoms with E-state index in [1.807, 2.05) is 34.7 Å². The minimum absolute atomic E-state index is 0.108. The number of rotatable bonds is 6. The Kier molecular flexibility index (Phi) is 6.17. The summed E-state index contributed by atoms with van der Waals surface area (Å²) >= 11 is 0. The molecule has 0 N–H and O–H groups in total. The Morgan fingerprint density at radius 3 is 2.53 bits per heavy atom. The fourth-order valence-electron chi connectivity index (χ4n) is 4.01. The molecule has 1 aliphatic heterocycles. The quantitative estimate of drug-likeness (QED) is 0.576. The van der Waals surface area contributed by atoms with Crippen molar-refractivity contribution < 1.29 is 13.2 Å². The zero-order valence-electron chi connectivity index (χ0n) is 18.7. The summed E-state index contributed by atoms with van der Waals surface area (Å²) in [5.41, 5.74) is 3.97. The van der Waals surface area contributed by atoms with Crippen molar-refractivity contribution >= 4 is 32.5 Å². The highest BCUT2D eigenvalue weighted by Gasteiger charge is 2.21. The zero-order chi connectivity index (χ0) is 22.9. The van der Waals surface area contributed by atoms with Crippen molar-refractivity contribution in [1.82, 2.24) is 18.8 Å². The molecule has 0 fully saturated rings. The number of aryl methyl sites for hydroxylation is 2. The first-order valence-corrected chi connectivity index (χ1v) is 12.1. The van der Waals surface area contributed by atoms with Gasteiger partial charge in [-0.3, -0.25) is 4.79 Å². The summed E-state index contributed by atoms with van der Waals surface area (Å²) in [6, 6.07) is 15.2. The van der Waals surface area contributed by atoms with Crippen LogP contribution in [0.3, 0.4) is 0 Å². The molecule has 0 atom stereocenters. The van der Waals surface area contributed by atoms with E-state index in [1.165, 1.54) is 29.5 Å². The van der Waals surface area contributed by atoms with Crippen molar-refractivity contribution in [2.75, 3.05) is 27.2 Å². The van der Waals surface area contributed by atoms with Gasteiger partial charge in [-0.05, 0) is 35.8 Å². The molecule has 0 bridgehead atoms. The third-order valence-electron chi connectivity index (χ3n) is 5.99. The van der Waals surface area contributed by atoms with Gasteiger partial charge in [-0.25, -0.2) is 17.7 Å². The maximum Gasteiger partial charge on any atom is 0.242 e. The second-order valence-corrected chi connectivity index (χ2v) is 10.4. The summed E-state index contributed by atoms with van der Waals surface area (Å²) in [4.78, 5) is 19.5. The van der Waals surface area contributed by atoms with Crippen molar-refractivity contribution in [3.63, 3.8) is 0 Å². The van der Waals surface area contributed by atoms with Crippen LogP contribution in [0.15, 0.2) is 59.5 Å². The molecule has 0 radical (unpaired) electrons. The number of nitrogens with zero attached hydrogens (tertiary/aromatic N) is 4. The predicted octanol–water partition coefficient (Wildman–Crippen LogP) is 3.07. The van der Waals surface area contributed by atoms with E-state index in [4.69, 9.17) is 0 Å². The molecule has 32 heavy (non-hydrogen) atoms. The number of carbonyl (C=O) groups excluding carboxylic acids is 1. The highest BCUT2D eigenvalue weighted by atomic mass is 32.2. The zero-order valence-corrected chi connectivity index (χ0v) is 19.5. The fraction of sp³-hybridized carbons (Fsp3) is 0.333. The molecule has 1 amide bonds. The minimum atomic E-state index is -3.52. The molecular weight excluding hydrogens is 424 g/mol. The summed E-state index contributed by atoms with van der Waals surface area (Å²) in [6.07, 6.45) is 3.86. The van der Waals surface area contributed by atoms with Gasteiger partial charge in [0.15, 0.2) is 0 Å². The molecule has 8 heteroatoms. The van der Waals surface area contributed by atoms with E-state index in [0.29, 0.717) is 31.4 Å². The Morgan fingerprint density at radius 1 is 1.12 bits per heavy atom. The van der Waals surface area contributed by atoms with Crippen LogP contribution in [0.5, 0.6) is 0 Å². The van der Waals surface area contributed by atoms with Crippen LogP contribution >= 0.6 is 0 Å². The third kappa shape index (κ3) is 4.33. The smallest absolute Gasteiger partial charge is 0.242 e. The number of hydrogen-bond donors (Lipinski definition) is 0. The average Bonchev–Trinajstić information content (AvgIpc) is 3.13. The molecule has 1 aromatic heterocycles. The van der Waals surface area contributed by atoms with Gasteiger partial charge in [0, 0.05) is 47.1 Å². The Bertz CT molecular complexity index is 1280. The van der Waals surface area contributed by atoms with Gasteiger partial charge >= 0.3 is 0 Å². The number of carbonyl (C=O) groups is 1. The van der Waals surface area contributed by atoms with Crippen LogP contribution < -0.4 is 0 Å². The monoisotopic (exact) mass is 452 g/mol. The highest BCUT2D eigenvalue weighted by molar-refractivity contribution is 7.89. The van der Waals surface area contributed by atoms with Crippen molar-refractivity contribution in [3.05, 3.63) is 66.0 Å². The maximum atomic E-state index is 12.8. The lowest BCUT2D eigenvalue weighted by atomic mass is 9.99. The largest absolute Gasteiger partial charge is 0.339 e. The lowest BCUT2D eigenvalue weighted by molar-refractivity contribution is -0.130. The number of aromatic nitrogens is 2. The van der Waals surface area contributed by atoms with Crippen LogP contribution in [0.1, 0.15) is 24.2 Å². The maximum absolute atomic E-state index is 12.8. The third-order valence-corrected chi connectivity index (χ3v) is 7.80. The molecule has 4 rings (SSSR count). The average molecular weight is 453 g/mol. The summed E-state index contributed by atoms with van der Waals surface area (Å²) in [6.45, 7) is 1.34. The summed E-state index contributed by atoms with van der Waals surface area (Å²) in [5, 5.41) is 0. The second-order valence-electron chi connectivity index (χ2n) is 8.21. The molecule has 2 heterocycles. The second kappa shape index (κ2) is 8.88. The van der Waals surface area contributed by atoms with Crippen molar-refractivity contribution in [3.8, 4) is 0 Å². The molecule has 1 aliphatic rings. The Balaban J connectivity index is 1.43. The van der Waals surface area contributed by atoms with E-state index < -0.39 is 10.0 Å². The first kappa shape index (κ1) is 22.2. The van der Waals surface area contributed by atoms with Crippen LogP contribution in [-0.2, 0) is 28.3 Å². The van der Waals surface area contributed by atoms with E-state index in [2.05, 4.69) is 23.2 Å². The number of sulfonamides is 1. The number of hydrogen-bond acceptors (Lipinski definition) is 4. The number of imidazole rings is 1.